The Morgan fingerprint density at radius 1 is 1.19 bits per heavy atom. The van der Waals surface area contributed by atoms with E-state index in [0.717, 1.165) is 23.3 Å². The summed E-state index contributed by atoms with van der Waals surface area (Å²) >= 11 is 0. The van der Waals surface area contributed by atoms with E-state index in [2.05, 4.69) is 10.4 Å². The summed E-state index contributed by atoms with van der Waals surface area (Å²) in [5.74, 6) is 1.23. The van der Waals surface area contributed by atoms with Gasteiger partial charge in [0.1, 0.15) is 0 Å². The van der Waals surface area contributed by atoms with Crippen molar-refractivity contribution < 1.29 is 27.4 Å². The Morgan fingerprint density at radius 3 is 2.75 bits per heavy atom. The Balaban J connectivity index is 1.40. The molecule has 0 aliphatic carbocycles. The minimum absolute atomic E-state index is 0.138. The molecule has 3 aromatic rings. The number of halogens is 3. The highest BCUT2D eigenvalue weighted by molar-refractivity contribution is 5.76. The summed E-state index contributed by atoms with van der Waals surface area (Å²) in [6.45, 7) is 3.78. The predicted octanol–water partition coefficient (Wildman–Crippen LogP) is 4.74. The normalized spacial score (nSPS) is 13.8. The van der Waals surface area contributed by atoms with Crippen LogP contribution in [-0.2, 0) is 17.4 Å². The van der Waals surface area contributed by atoms with Crippen molar-refractivity contribution in [3.8, 4) is 17.2 Å². The van der Waals surface area contributed by atoms with Gasteiger partial charge in [-0.05, 0) is 56.2 Å². The maximum absolute atomic E-state index is 13.0. The molecule has 1 aromatic heterocycles. The Labute approximate surface area is 183 Å². The van der Waals surface area contributed by atoms with E-state index in [1.807, 2.05) is 25.1 Å². The fourth-order valence-electron chi connectivity index (χ4n) is 3.67. The fraction of sp³-hybridized carbons (Fsp3) is 0.304. The highest BCUT2D eigenvalue weighted by Crippen LogP contribution is 2.33. The number of carbonyl (C=O) groups is 1. The van der Waals surface area contributed by atoms with Gasteiger partial charge in [-0.2, -0.15) is 18.3 Å². The molecule has 32 heavy (non-hydrogen) atoms. The SMILES string of the molecule is Cc1c([C@H](C)NC(=O)CCc2ccc3c(c2)OCO3)cnn1-c1cccc(C(F)(F)F)c1. The van der Waals surface area contributed by atoms with Gasteiger partial charge in [0.05, 0.1) is 23.5 Å². The lowest BCUT2D eigenvalue weighted by Crippen LogP contribution is -2.27. The molecule has 168 valence electrons. The van der Waals surface area contributed by atoms with Crippen LogP contribution < -0.4 is 14.8 Å². The molecule has 0 radical (unpaired) electrons. The average Bonchev–Trinajstić information content (AvgIpc) is 3.37. The second-order valence-electron chi connectivity index (χ2n) is 7.62. The van der Waals surface area contributed by atoms with Crippen molar-refractivity contribution >= 4 is 5.91 Å². The zero-order valence-corrected chi connectivity index (χ0v) is 17.6. The third-order valence-corrected chi connectivity index (χ3v) is 5.39. The van der Waals surface area contributed by atoms with E-state index in [1.165, 1.54) is 10.7 Å². The lowest BCUT2D eigenvalue weighted by molar-refractivity contribution is -0.137. The van der Waals surface area contributed by atoms with Crippen molar-refractivity contribution in [3.05, 3.63) is 71.0 Å². The second-order valence-corrected chi connectivity index (χ2v) is 7.62. The summed E-state index contributed by atoms with van der Waals surface area (Å²) in [5, 5.41) is 7.17. The molecule has 0 saturated heterocycles. The molecule has 2 heterocycles. The number of ether oxygens (including phenoxy) is 2. The summed E-state index contributed by atoms with van der Waals surface area (Å²) in [6, 6.07) is 10.2. The van der Waals surface area contributed by atoms with Crippen molar-refractivity contribution in [2.45, 2.75) is 38.9 Å². The van der Waals surface area contributed by atoms with Crippen LogP contribution in [0.25, 0.3) is 5.69 Å². The van der Waals surface area contributed by atoms with Crippen molar-refractivity contribution in [1.29, 1.82) is 0 Å². The number of nitrogens with zero attached hydrogens (tertiary/aromatic N) is 2. The van der Waals surface area contributed by atoms with Gasteiger partial charge >= 0.3 is 6.18 Å². The first-order valence-electron chi connectivity index (χ1n) is 10.1. The van der Waals surface area contributed by atoms with Gasteiger partial charge in [-0.25, -0.2) is 4.68 Å². The first kappa shape index (κ1) is 21.7. The molecule has 0 bridgehead atoms. The van der Waals surface area contributed by atoms with Gasteiger partial charge in [-0.3, -0.25) is 4.79 Å². The Hall–Kier alpha value is -3.49. The van der Waals surface area contributed by atoms with Crippen molar-refractivity contribution in [1.82, 2.24) is 15.1 Å². The molecule has 0 saturated carbocycles. The molecule has 1 atom stereocenters. The highest BCUT2D eigenvalue weighted by atomic mass is 19.4. The van der Waals surface area contributed by atoms with Crippen molar-refractivity contribution in [2.24, 2.45) is 0 Å². The van der Waals surface area contributed by atoms with E-state index >= 15 is 0 Å². The van der Waals surface area contributed by atoms with E-state index in [1.54, 1.807) is 19.2 Å². The fourth-order valence-corrected chi connectivity index (χ4v) is 3.67. The van der Waals surface area contributed by atoms with Crippen LogP contribution in [0.1, 0.15) is 41.8 Å². The van der Waals surface area contributed by atoms with Crippen LogP contribution >= 0.6 is 0 Å². The molecule has 2 aromatic carbocycles. The van der Waals surface area contributed by atoms with Gasteiger partial charge in [0.15, 0.2) is 11.5 Å². The molecule has 1 amide bonds. The number of hydrogen-bond donors (Lipinski definition) is 1. The zero-order valence-electron chi connectivity index (χ0n) is 17.6. The van der Waals surface area contributed by atoms with E-state index in [9.17, 15) is 18.0 Å². The second kappa shape index (κ2) is 8.57. The van der Waals surface area contributed by atoms with Crippen molar-refractivity contribution in [3.63, 3.8) is 0 Å². The molecule has 1 aliphatic rings. The number of benzene rings is 2. The smallest absolute Gasteiger partial charge is 0.416 e. The molecule has 1 N–H and O–H groups in total. The number of carbonyl (C=O) groups excluding carboxylic acids is 1. The third-order valence-electron chi connectivity index (χ3n) is 5.39. The van der Waals surface area contributed by atoms with Crippen LogP contribution in [0.15, 0.2) is 48.7 Å². The summed E-state index contributed by atoms with van der Waals surface area (Å²) < 4.78 is 51.2. The molecule has 0 unspecified atom stereocenters. The quantitative estimate of drug-likeness (QED) is 0.595. The monoisotopic (exact) mass is 445 g/mol. The van der Waals surface area contributed by atoms with Gasteiger partial charge in [0, 0.05) is 17.7 Å². The van der Waals surface area contributed by atoms with E-state index < -0.39 is 11.7 Å². The lowest BCUT2D eigenvalue weighted by Gasteiger charge is -2.15. The van der Waals surface area contributed by atoms with Crippen LogP contribution in [0.4, 0.5) is 13.2 Å². The number of aromatic nitrogens is 2. The molecule has 1 aliphatic heterocycles. The summed E-state index contributed by atoms with van der Waals surface area (Å²) in [5.41, 5.74) is 1.93. The molecule has 9 heteroatoms. The number of nitrogens with one attached hydrogen (secondary N) is 1. The molecular weight excluding hydrogens is 423 g/mol. The highest BCUT2D eigenvalue weighted by Gasteiger charge is 2.30. The minimum atomic E-state index is -4.43. The van der Waals surface area contributed by atoms with Gasteiger partial charge in [-0.15, -0.1) is 0 Å². The Bertz CT molecular complexity index is 1140. The van der Waals surface area contributed by atoms with Gasteiger partial charge < -0.3 is 14.8 Å². The largest absolute Gasteiger partial charge is 0.454 e. The first-order chi connectivity index (χ1) is 15.2. The summed E-state index contributed by atoms with van der Waals surface area (Å²) in [6.07, 6.45) is -2.04. The number of amides is 1. The maximum atomic E-state index is 13.0. The Kier molecular flexibility index (Phi) is 5.82. The maximum Gasteiger partial charge on any atom is 0.416 e. The molecule has 4 rings (SSSR count). The summed E-state index contributed by atoms with van der Waals surface area (Å²) in [4.78, 5) is 12.5. The molecule has 0 spiro atoms. The molecular formula is C23H22F3N3O3. The lowest BCUT2D eigenvalue weighted by atomic mass is 10.1. The predicted molar refractivity (Wildman–Crippen MR) is 111 cm³/mol. The van der Waals surface area contributed by atoms with Crippen LogP contribution in [0.5, 0.6) is 11.5 Å². The van der Waals surface area contributed by atoms with Crippen LogP contribution in [0.3, 0.4) is 0 Å². The number of aryl methyl sites for hydroxylation is 1. The van der Waals surface area contributed by atoms with E-state index in [-0.39, 0.29) is 25.2 Å². The van der Waals surface area contributed by atoms with Crippen molar-refractivity contribution in [2.75, 3.05) is 6.79 Å². The van der Waals surface area contributed by atoms with Gasteiger partial charge in [0.2, 0.25) is 12.7 Å². The molecule has 0 fully saturated rings. The van der Waals surface area contributed by atoms with Gasteiger partial charge in [-0.1, -0.05) is 12.1 Å². The summed E-state index contributed by atoms with van der Waals surface area (Å²) in [7, 11) is 0. The topological polar surface area (TPSA) is 65.4 Å². The third kappa shape index (κ3) is 4.56. The number of hydrogen-bond acceptors (Lipinski definition) is 4. The van der Waals surface area contributed by atoms with E-state index in [0.29, 0.717) is 29.3 Å². The standard InChI is InChI=1S/C23H22F3N3O3/c1-14(28-22(30)9-7-16-6-8-20-21(10-16)32-13-31-20)19-12-27-29(15(19)2)18-5-3-4-17(11-18)23(24,25)26/h3-6,8,10-12,14H,7,9,13H2,1-2H3,(H,28,30)/t14-/m0/s1. The van der Waals surface area contributed by atoms with Crippen LogP contribution in [-0.4, -0.2) is 22.5 Å². The van der Waals surface area contributed by atoms with Gasteiger partial charge in [0.25, 0.3) is 0 Å². The number of alkyl halides is 3. The van der Waals surface area contributed by atoms with Crippen LogP contribution in [0.2, 0.25) is 0 Å². The molecule has 6 nitrogen and oxygen atoms in total. The Morgan fingerprint density at radius 2 is 1.97 bits per heavy atom. The van der Waals surface area contributed by atoms with Crippen LogP contribution in [0, 0.1) is 6.92 Å². The number of rotatable bonds is 6. The zero-order chi connectivity index (χ0) is 22.9. The minimum Gasteiger partial charge on any atom is -0.454 e. The average molecular weight is 445 g/mol. The first-order valence-corrected chi connectivity index (χ1v) is 10.1. The number of fused-ring (bicyclic) bond motifs is 1. The van der Waals surface area contributed by atoms with E-state index in [4.69, 9.17) is 9.47 Å².